The molecule has 2 N–H and O–H groups in total. The van der Waals surface area contributed by atoms with E-state index in [1.807, 2.05) is 0 Å². The van der Waals surface area contributed by atoms with Gasteiger partial charge in [-0.1, -0.05) is 13.8 Å². The monoisotopic (exact) mass is 227 g/mol. The highest BCUT2D eigenvalue weighted by molar-refractivity contribution is 4.74. The highest BCUT2D eigenvalue weighted by Gasteiger charge is 2.17. The predicted molar refractivity (Wildman–Crippen MR) is 70.6 cm³/mol. The minimum Gasteiger partial charge on any atom is -0.329 e. The van der Waals surface area contributed by atoms with Gasteiger partial charge in [0.15, 0.2) is 0 Å². The van der Waals surface area contributed by atoms with E-state index in [1.165, 1.54) is 38.9 Å². The molecule has 0 aromatic rings. The van der Waals surface area contributed by atoms with Gasteiger partial charge in [-0.05, 0) is 45.3 Å². The van der Waals surface area contributed by atoms with Crippen LogP contribution >= 0.6 is 0 Å². The number of likely N-dealkylation sites (N-methyl/N-ethyl adjacent to an activating group) is 1. The first-order chi connectivity index (χ1) is 7.63. The highest BCUT2D eigenvalue weighted by Crippen LogP contribution is 2.11. The molecule has 1 fully saturated rings. The van der Waals surface area contributed by atoms with Crippen molar-refractivity contribution < 1.29 is 0 Å². The molecule has 0 saturated carbocycles. The molecule has 1 unspecified atom stereocenters. The normalized spacial score (nSPS) is 19.9. The van der Waals surface area contributed by atoms with E-state index in [0.717, 1.165) is 19.0 Å². The summed E-state index contributed by atoms with van der Waals surface area (Å²) in [5, 5.41) is 0. The van der Waals surface area contributed by atoms with Crippen molar-refractivity contribution in [2.24, 2.45) is 11.7 Å². The number of nitrogens with two attached hydrogens (primary N) is 1. The second-order valence-corrected chi connectivity index (χ2v) is 5.55. The Bertz CT molecular complexity index is 176. The molecule has 1 heterocycles. The van der Waals surface area contributed by atoms with Crippen molar-refractivity contribution in [3.63, 3.8) is 0 Å². The molecule has 96 valence electrons. The van der Waals surface area contributed by atoms with E-state index >= 15 is 0 Å². The average molecular weight is 227 g/mol. The summed E-state index contributed by atoms with van der Waals surface area (Å²) in [6, 6.07) is 0.558. The fourth-order valence-corrected chi connectivity index (χ4v) is 2.49. The van der Waals surface area contributed by atoms with Gasteiger partial charge in [-0.2, -0.15) is 0 Å². The Hall–Kier alpha value is -0.120. The Balaban J connectivity index is 2.22. The first kappa shape index (κ1) is 13.9. The minimum atomic E-state index is 0.558. The number of rotatable bonds is 7. The van der Waals surface area contributed by atoms with Crippen molar-refractivity contribution in [3.05, 3.63) is 0 Å². The molecule has 3 nitrogen and oxygen atoms in total. The van der Waals surface area contributed by atoms with Crippen molar-refractivity contribution in [2.75, 3.05) is 39.8 Å². The zero-order chi connectivity index (χ0) is 12.0. The third-order valence-electron chi connectivity index (χ3n) is 3.61. The summed E-state index contributed by atoms with van der Waals surface area (Å²) in [6.45, 7) is 10.3. The van der Waals surface area contributed by atoms with Crippen LogP contribution in [0.15, 0.2) is 0 Å². The SMILES string of the molecule is CC(C)CC(CN)N(C)CCN1CCCC1. The van der Waals surface area contributed by atoms with E-state index in [2.05, 4.69) is 30.7 Å². The molecule has 1 saturated heterocycles. The zero-order valence-electron chi connectivity index (χ0n) is 11.3. The Morgan fingerprint density at radius 3 is 2.38 bits per heavy atom. The Morgan fingerprint density at radius 2 is 1.88 bits per heavy atom. The molecule has 0 amide bonds. The standard InChI is InChI=1S/C13H29N3/c1-12(2)10-13(11-14)15(3)8-9-16-6-4-5-7-16/h12-13H,4-11,14H2,1-3H3. The van der Waals surface area contributed by atoms with Crippen LogP contribution in [0, 0.1) is 5.92 Å². The van der Waals surface area contributed by atoms with Gasteiger partial charge in [-0.25, -0.2) is 0 Å². The zero-order valence-corrected chi connectivity index (χ0v) is 11.3. The smallest absolute Gasteiger partial charge is 0.0218 e. The van der Waals surface area contributed by atoms with Crippen LogP contribution in [0.25, 0.3) is 0 Å². The van der Waals surface area contributed by atoms with Gasteiger partial charge in [0.1, 0.15) is 0 Å². The summed E-state index contributed by atoms with van der Waals surface area (Å²) in [5.74, 6) is 0.739. The number of hydrogen-bond donors (Lipinski definition) is 1. The lowest BCUT2D eigenvalue weighted by atomic mass is 10.0. The summed E-state index contributed by atoms with van der Waals surface area (Å²) in [4.78, 5) is 5.01. The first-order valence-corrected chi connectivity index (χ1v) is 6.76. The molecule has 0 bridgehead atoms. The molecule has 0 spiro atoms. The van der Waals surface area contributed by atoms with Crippen LogP contribution in [-0.4, -0.2) is 55.6 Å². The average Bonchev–Trinajstić information content (AvgIpc) is 2.75. The van der Waals surface area contributed by atoms with Crippen molar-refractivity contribution in [1.82, 2.24) is 9.80 Å². The van der Waals surface area contributed by atoms with Gasteiger partial charge in [0.25, 0.3) is 0 Å². The molecule has 1 aliphatic rings. The van der Waals surface area contributed by atoms with Gasteiger partial charge in [-0.3, -0.25) is 0 Å². The number of likely N-dealkylation sites (tertiary alicyclic amines) is 1. The maximum Gasteiger partial charge on any atom is 0.0218 e. The molecule has 0 radical (unpaired) electrons. The van der Waals surface area contributed by atoms with Crippen LogP contribution in [0.5, 0.6) is 0 Å². The molecule has 1 aliphatic heterocycles. The van der Waals surface area contributed by atoms with Gasteiger partial charge in [-0.15, -0.1) is 0 Å². The largest absolute Gasteiger partial charge is 0.329 e. The summed E-state index contributed by atoms with van der Waals surface area (Å²) >= 11 is 0. The molecule has 1 rings (SSSR count). The van der Waals surface area contributed by atoms with Gasteiger partial charge in [0, 0.05) is 25.7 Å². The van der Waals surface area contributed by atoms with Crippen LogP contribution in [0.2, 0.25) is 0 Å². The third kappa shape index (κ3) is 4.81. The van der Waals surface area contributed by atoms with Crippen molar-refractivity contribution in [2.45, 2.75) is 39.2 Å². The van der Waals surface area contributed by atoms with Gasteiger partial charge < -0.3 is 15.5 Å². The molecule has 0 aromatic heterocycles. The van der Waals surface area contributed by atoms with Crippen LogP contribution in [0.3, 0.4) is 0 Å². The van der Waals surface area contributed by atoms with Crippen molar-refractivity contribution in [3.8, 4) is 0 Å². The Labute approximate surface area is 101 Å². The molecule has 1 atom stereocenters. The lowest BCUT2D eigenvalue weighted by molar-refractivity contribution is 0.189. The van der Waals surface area contributed by atoms with Gasteiger partial charge in [0.2, 0.25) is 0 Å². The topological polar surface area (TPSA) is 32.5 Å². The number of hydrogen-bond acceptors (Lipinski definition) is 3. The van der Waals surface area contributed by atoms with E-state index in [9.17, 15) is 0 Å². The summed E-state index contributed by atoms with van der Waals surface area (Å²) in [7, 11) is 2.22. The quantitative estimate of drug-likeness (QED) is 0.713. The fraction of sp³-hybridized carbons (Fsp3) is 1.00. The number of nitrogens with zero attached hydrogens (tertiary/aromatic N) is 2. The highest BCUT2D eigenvalue weighted by atomic mass is 15.2. The van der Waals surface area contributed by atoms with Gasteiger partial charge >= 0.3 is 0 Å². The fourth-order valence-electron chi connectivity index (χ4n) is 2.49. The molecule has 3 heteroatoms. The molecule has 16 heavy (non-hydrogen) atoms. The van der Waals surface area contributed by atoms with E-state index in [-0.39, 0.29) is 0 Å². The Kier molecular flexibility index (Phi) is 6.32. The van der Waals surface area contributed by atoms with Crippen molar-refractivity contribution in [1.29, 1.82) is 0 Å². The first-order valence-electron chi connectivity index (χ1n) is 6.76. The van der Waals surface area contributed by atoms with E-state index in [4.69, 9.17) is 5.73 Å². The molecule has 0 aromatic carbocycles. The maximum absolute atomic E-state index is 5.85. The van der Waals surface area contributed by atoms with Crippen LogP contribution in [-0.2, 0) is 0 Å². The van der Waals surface area contributed by atoms with E-state index in [0.29, 0.717) is 6.04 Å². The maximum atomic E-state index is 5.85. The lowest BCUT2D eigenvalue weighted by Crippen LogP contribution is -2.42. The van der Waals surface area contributed by atoms with E-state index in [1.54, 1.807) is 0 Å². The third-order valence-corrected chi connectivity index (χ3v) is 3.61. The van der Waals surface area contributed by atoms with Crippen molar-refractivity contribution >= 4 is 0 Å². The molecular weight excluding hydrogens is 198 g/mol. The van der Waals surface area contributed by atoms with Crippen LogP contribution < -0.4 is 5.73 Å². The summed E-state index contributed by atoms with van der Waals surface area (Å²) < 4.78 is 0. The predicted octanol–water partition coefficient (Wildman–Crippen LogP) is 1.39. The summed E-state index contributed by atoms with van der Waals surface area (Å²) in [6.07, 6.45) is 3.99. The minimum absolute atomic E-state index is 0.558. The van der Waals surface area contributed by atoms with E-state index < -0.39 is 0 Å². The summed E-state index contributed by atoms with van der Waals surface area (Å²) in [5.41, 5.74) is 5.85. The lowest BCUT2D eigenvalue weighted by Gasteiger charge is -2.29. The molecule has 0 aliphatic carbocycles. The second-order valence-electron chi connectivity index (χ2n) is 5.55. The van der Waals surface area contributed by atoms with Gasteiger partial charge in [0.05, 0.1) is 0 Å². The second kappa shape index (κ2) is 7.25. The Morgan fingerprint density at radius 1 is 1.25 bits per heavy atom. The molecular formula is C13H29N3. The van der Waals surface area contributed by atoms with Crippen LogP contribution in [0.1, 0.15) is 33.1 Å². The van der Waals surface area contributed by atoms with Crippen LogP contribution in [0.4, 0.5) is 0 Å².